The Hall–Kier alpha value is -1.74. The first kappa shape index (κ1) is 12.7. The van der Waals surface area contributed by atoms with Crippen molar-refractivity contribution in [1.82, 2.24) is 0 Å². The molecule has 18 heavy (non-hydrogen) atoms. The van der Waals surface area contributed by atoms with E-state index in [4.69, 9.17) is 4.18 Å². The monoisotopic (exact) mass is 258 g/mol. The molecule has 0 atom stereocenters. The Bertz CT molecular complexity index is 550. The molecule has 0 unspecified atom stereocenters. The van der Waals surface area contributed by atoms with Crippen LogP contribution in [0.15, 0.2) is 53.4 Å². The predicted octanol–water partition coefficient (Wildman–Crippen LogP) is 4.17. The number of benzene rings is 2. The molecular weight excluding hydrogens is 244 g/mol. The van der Waals surface area contributed by atoms with E-state index in [1.54, 1.807) is 12.1 Å². The van der Waals surface area contributed by atoms with E-state index in [0.717, 1.165) is 22.5 Å². The third kappa shape index (κ3) is 2.93. The molecule has 0 aliphatic carbocycles. The van der Waals surface area contributed by atoms with Crippen molar-refractivity contribution in [2.45, 2.75) is 18.7 Å². The van der Waals surface area contributed by atoms with Crippen molar-refractivity contribution in [3.63, 3.8) is 0 Å². The van der Waals surface area contributed by atoms with Gasteiger partial charge in [0, 0.05) is 0 Å². The number of hydrogen-bond donors (Lipinski definition) is 0. The lowest BCUT2D eigenvalue weighted by Gasteiger charge is -2.07. The normalized spacial score (nSPS) is 10.1. The molecule has 0 aliphatic heterocycles. The number of aryl methyl sites for hydroxylation is 1. The molecule has 0 saturated heterocycles. The highest BCUT2D eigenvalue weighted by molar-refractivity contribution is 7.95. The van der Waals surface area contributed by atoms with Crippen molar-refractivity contribution in [2.75, 3.05) is 0 Å². The maximum Gasteiger partial charge on any atom is 0.350 e. The van der Waals surface area contributed by atoms with Crippen LogP contribution in [0, 0.1) is 13.8 Å². The van der Waals surface area contributed by atoms with Crippen LogP contribution < -0.4 is 0 Å². The van der Waals surface area contributed by atoms with Gasteiger partial charge in [0.15, 0.2) is 0 Å². The van der Waals surface area contributed by atoms with Gasteiger partial charge in [-0.05, 0) is 43.2 Å². The van der Waals surface area contributed by atoms with Crippen LogP contribution in [0.25, 0.3) is 0 Å². The lowest BCUT2D eigenvalue weighted by atomic mass is 10.1. The fourth-order valence-corrected chi connectivity index (χ4v) is 2.20. The summed E-state index contributed by atoms with van der Waals surface area (Å²) >= 11 is 1.11. The van der Waals surface area contributed by atoms with Gasteiger partial charge >= 0.3 is 5.97 Å². The van der Waals surface area contributed by atoms with Crippen molar-refractivity contribution in [1.29, 1.82) is 0 Å². The molecule has 0 radical (unpaired) electrons. The molecule has 2 aromatic rings. The molecule has 0 amide bonds. The minimum Gasteiger partial charge on any atom is -0.382 e. The van der Waals surface area contributed by atoms with Crippen molar-refractivity contribution < 1.29 is 8.98 Å². The average molecular weight is 258 g/mol. The third-order valence-electron chi connectivity index (χ3n) is 2.77. The van der Waals surface area contributed by atoms with Gasteiger partial charge in [-0.2, -0.15) is 0 Å². The van der Waals surface area contributed by atoms with E-state index in [1.165, 1.54) is 5.56 Å². The Labute approximate surface area is 111 Å². The maximum absolute atomic E-state index is 11.8. The van der Waals surface area contributed by atoms with Crippen LogP contribution >= 0.6 is 12.0 Å². The van der Waals surface area contributed by atoms with Gasteiger partial charge in [0.1, 0.15) is 0 Å². The average Bonchev–Trinajstić information content (AvgIpc) is 2.41. The van der Waals surface area contributed by atoms with Crippen LogP contribution in [0.5, 0.6) is 0 Å². The van der Waals surface area contributed by atoms with E-state index in [2.05, 4.69) is 0 Å². The van der Waals surface area contributed by atoms with Gasteiger partial charge in [0.05, 0.1) is 22.5 Å². The zero-order valence-electron chi connectivity index (χ0n) is 10.3. The molecule has 0 N–H and O–H groups in total. The molecule has 0 bridgehead atoms. The first-order chi connectivity index (χ1) is 8.68. The molecule has 0 spiro atoms. The van der Waals surface area contributed by atoms with Gasteiger partial charge in [-0.15, -0.1) is 0 Å². The topological polar surface area (TPSA) is 26.3 Å². The standard InChI is InChI=1S/C15H14O2S/c1-11-7-6-10-14(12(11)2)18-17-15(16)13-8-4-3-5-9-13/h3-10H,1-2H3. The van der Waals surface area contributed by atoms with Crippen molar-refractivity contribution in [3.8, 4) is 0 Å². The fraction of sp³-hybridized carbons (Fsp3) is 0.133. The summed E-state index contributed by atoms with van der Waals surface area (Å²) in [5.74, 6) is -0.318. The first-order valence-corrected chi connectivity index (χ1v) is 6.43. The summed E-state index contributed by atoms with van der Waals surface area (Å²) in [4.78, 5) is 12.7. The molecule has 2 rings (SSSR count). The van der Waals surface area contributed by atoms with Gasteiger partial charge in [0.2, 0.25) is 0 Å². The third-order valence-corrected chi connectivity index (χ3v) is 3.63. The number of carbonyl (C=O) groups is 1. The number of rotatable bonds is 3. The lowest BCUT2D eigenvalue weighted by molar-refractivity contribution is 0.0768. The van der Waals surface area contributed by atoms with Crippen LogP contribution in [0.3, 0.4) is 0 Å². The van der Waals surface area contributed by atoms with Crippen molar-refractivity contribution in [3.05, 3.63) is 65.2 Å². The van der Waals surface area contributed by atoms with Crippen molar-refractivity contribution in [2.24, 2.45) is 0 Å². The van der Waals surface area contributed by atoms with E-state index in [-0.39, 0.29) is 5.97 Å². The Morgan fingerprint density at radius 1 is 1.00 bits per heavy atom. The smallest absolute Gasteiger partial charge is 0.350 e. The zero-order valence-corrected chi connectivity index (χ0v) is 11.2. The van der Waals surface area contributed by atoms with E-state index in [9.17, 15) is 4.79 Å². The van der Waals surface area contributed by atoms with Crippen LogP contribution in [-0.2, 0) is 4.18 Å². The van der Waals surface area contributed by atoms with Crippen LogP contribution in [0.2, 0.25) is 0 Å². The molecule has 2 nitrogen and oxygen atoms in total. The quantitative estimate of drug-likeness (QED) is 0.773. The maximum atomic E-state index is 11.8. The van der Waals surface area contributed by atoms with Crippen molar-refractivity contribution >= 4 is 18.0 Å². The summed E-state index contributed by atoms with van der Waals surface area (Å²) in [5, 5.41) is 0. The Balaban J connectivity index is 2.04. The summed E-state index contributed by atoms with van der Waals surface area (Å²) in [5.41, 5.74) is 2.90. The van der Waals surface area contributed by atoms with E-state index in [0.29, 0.717) is 5.56 Å². The highest BCUT2D eigenvalue weighted by Gasteiger charge is 2.09. The van der Waals surface area contributed by atoms with Crippen LogP contribution in [0.4, 0.5) is 0 Å². The Morgan fingerprint density at radius 3 is 2.44 bits per heavy atom. The van der Waals surface area contributed by atoms with E-state index in [1.807, 2.05) is 50.2 Å². The summed E-state index contributed by atoms with van der Waals surface area (Å²) in [6.07, 6.45) is 0. The van der Waals surface area contributed by atoms with Gasteiger partial charge in [-0.3, -0.25) is 0 Å². The first-order valence-electron chi connectivity index (χ1n) is 5.68. The van der Waals surface area contributed by atoms with Gasteiger partial charge in [-0.1, -0.05) is 30.3 Å². The van der Waals surface area contributed by atoms with Crippen LogP contribution in [-0.4, -0.2) is 5.97 Å². The second kappa shape index (κ2) is 5.74. The second-order valence-corrected chi connectivity index (χ2v) is 4.79. The van der Waals surface area contributed by atoms with Gasteiger partial charge in [0.25, 0.3) is 0 Å². The van der Waals surface area contributed by atoms with E-state index < -0.39 is 0 Å². The largest absolute Gasteiger partial charge is 0.382 e. The zero-order chi connectivity index (χ0) is 13.0. The molecule has 0 saturated carbocycles. The molecule has 0 aromatic heterocycles. The van der Waals surface area contributed by atoms with E-state index >= 15 is 0 Å². The second-order valence-electron chi connectivity index (χ2n) is 4.02. The molecular formula is C15H14O2S. The summed E-state index contributed by atoms with van der Waals surface area (Å²) in [6, 6.07) is 14.9. The molecule has 0 aliphatic rings. The molecule has 0 heterocycles. The molecule has 3 heteroatoms. The molecule has 2 aromatic carbocycles. The number of hydrogen-bond acceptors (Lipinski definition) is 3. The summed E-state index contributed by atoms with van der Waals surface area (Å²) in [7, 11) is 0. The lowest BCUT2D eigenvalue weighted by Crippen LogP contribution is -1.99. The predicted molar refractivity (Wildman–Crippen MR) is 73.6 cm³/mol. The highest BCUT2D eigenvalue weighted by atomic mass is 32.2. The molecule has 0 fully saturated rings. The van der Waals surface area contributed by atoms with Gasteiger partial charge in [-0.25, -0.2) is 4.79 Å². The van der Waals surface area contributed by atoms with Gasteiger partial charge < -0.3 is 4.18 Å². The highest BCUT2D eigenvalue weighted by Crippen LogP contribution is 2.26. The Morgan fingerprint density at radius 2 is 1.72 bits per heavy atom. The SMILES string of the molecule is Cc1cccc(SOC(=O)c2ccccc2)c1C. The Kier molecular flexibility index (Phi) is 4.05. The summed E-state index contributed by atoms with van der Waals surface area (Å²) < 4.78 is 5.23. The summed E-state index contributed by atoms with van der Waals surface area (Å²) in [6.45, 7) is 4.06. The molecule has 92 valence electrons. The minimum atomic E-state index is -0.318. The fourth-order valence-electron chi connectivity index (χ4n) is 1.52. The minimum absolute atomic E-state index is 0.318. The number of carbonyl (C=O) groups excluding carboxylic acids is 1. The van der Waals surface area contributed by atoms with Crippen LogP contribution in [0.1, 0.15) is 21.5 Å².